The molecule has 4 nitrogen and oxygen atoms in total. The molecule has 0 unspecified atom stereocenters. The van der Waals surface area contributed by atoms with Crippen molar-refractivity contribution >= 4 is 0 Å². The van der Waals surface area contributed by atoms with Crippen LogP contribution in [-0.2, 0) is 13.2 Å². The molecule has 0 bridgehead atoms. The molecule has 3 N–H and O–H groups in total. The van der Waals surface area contributed by atoms with Crippen molar-refractivity contribution in [3.63, 3.8) is 0 Å². The molecule has 4 heteroatoms. The Balaban J connectivity index is 2.69. The number of aryl methyl sites for hydroxylation is 1. The first kappa shape index (κ1) is 14.9. The Hall–Kier alpha value is -1.13. The van der Waals surface area contributed by atoms with Crippen LogP contribution < -0.4 is 5.32 Å². The summed E-state index contributed by atoms with van der Waals surface area (Å²) in [7, 11) is 0. The van der Waals surface area contributed by atoms with Gasteiger partial charge >= 0.3 is 0 Å². The fraction of sp³-hybridized carbons (Fsp3) is 0.643. The van der Waals surface area contributed by atoms with Crippen LogP contribution in [-0.4, -0.2) is 21.7 Å². The predicted molar refractivity (Wildman–Crippen MR) is 72.3 cm³/mol. The second kappa shape index (κ2) is 7.34. The van der Waals surface area contributed by atoms with Crippen LogP contribution in [0, 0.1) is 12.8 Å². The summed E-state index contributed by atoms with van der Waals surface area (Å²) in [6.07, 6.45) is 3.93. The van der Waals surface area contributed by atoms with E-state index in [0.29, 0.717) is 23.7 Å². The zero-order chi connectivity index (χ0) is 13.5. The van der Waals surface area contributed by atoms with E-state index in [0.717, 1.165) is 24.9 Å². The first-order valence-corrected chi connectivity index (χ1v) is 6.61. The van der Waals surface area contributed by atoms with E-state index in [1.54, 1.807) is 13.1 Å². The average molecular weight is 252 g/mol. The van der Waals surface area contributed by atoms with Crippen molar-refractivity contribution in [1.82, 2.24) is 10.3 Å². The Labute approximate surface area is 109 Å². The average Bonchev–Trinajstić information content (AvgIpc) is 2.39. The van der Waals surface area contributed by atoms with E-state index in [4.69, 9.17) is 0 Å². The molecule has 0 saturated carbocycles. The van der Waals surface area contributed by atoms with Gasteiger partial charge in [-0.15, -0.1) is 0 Å². The van der Waals surface area contributed by atoms with Crippen LogP contribution in [0.25, 0.3) is 0 Å². The summed E-state index contributed by atoms with van der Waals surface area (Å²) in [4.78, 5) is 4.05. The second-order valence-corrected chi connectivity index (χ2v) is 4.67. The molecule has 0 fully saturated rings. The van der Waals surface area contributed by atoms with Crippen molar-refractivity contribution in [2.45, 2.75) is 46.8 Å². The number of pyridine rings is 1. The standard InChI is InChI=1S/C14H24N2O2/c1-4-11(5-2)6-15-8-13-12(9-17)7-16-10(3)14(13)18/h7,11,15,17-18H,4-6,8-9H2,1-3H3. The number of hydrogen-bond acceptors (Lipinski definition) is 4. The molecule has 0 spiro atoms. The lowest BCUT2D eigenvalue weighted by Gasteiger charge is -2.16. The lowest BCUT2D eigenvalue weighted by atomic mass is 10.0. The van der Waals surface area contributed by atoms with Gasteiger partial charge in [0.25, 0.3) is 0 Å². The van der Waals surface area contributed by atoms with Crippen molar-refractivity contribution in [1.29, 1.82) is 0 Å². The van der Waals surface area contributed by atoms with Crippen molar-refractivity contribution in [3.8, 4) is 5.75 Å². The maximum atomic E-state index is 9.98. The SMILES string of the molecule is CCC(CC)CNCc1c(CO)cnc(C)c1O. The Morgan fingerprint density at radius 1 is 1.33 bits per heavy atom. The number of aromatic hydroxyl groups is 1. The van der Waals surface area contributed by atoms with Gasteiger partial charge in [0.15, 0.2) is 0 Å². The largest absolute Gasteiger partial charge is 0.506 e. The smallest absolute Gasteiger partial charge is 0.141 e. The third-order valence-electron chi connectivity index (χ3n) is 3.49. The van der Waals surface area contributed by atoms with E-state index in [1.807, 2.05) is 0 Å². The highest BCUT2D eigenvalue weighted by Gasteiger charge is 2.11. The number of nitrogens with zero attached hydrogens (tertiary/aromatic N) is 1. The maximum absolute atomic E-state index is 9.98. The number of rotatable bonds is 7. The molecule has 1 aromatic heterocycles. The summed E-state index contributed by atoms with van der Waals surface area (Å²) in [5, 5.41) is 22.6. The topological polar surface area (TPSA) is 65.4 Å². The number of hydrogen-bond donors (Lipinski definition) is 3. The zero-order valence-electron chi connectivity index (χ0n) is 11.5. The molecule has 0 atom stereocenters. The molecule has 18 heavy (non-hydrogen) atoms. The van der Waals surface area contributed by atoms with Crippen LogP contribution in [0.15, 0.2) is 6.20 Å². The van der Waals surface area contributed by atoms with Gasteiger partial charge in [-0.25, -0.2) is 0 Å². The van der Waals surface area contributed by atoms with E-state index in [2.05, 4.69) is 24.1 Å². The van der Waals surface area contributed by atoms with E-state index >= 15 is 0 Å². The number of nitrogens with one attached hydrogen (secondary N) is 1. The van der Waals surface area contributed by atoms with Gasteiger partial charge in [0.1, 0.15) is 5.75 Å². The minimum absolute atomic E-state index is 0.0944. The Morgan fingerprint density at radius 3 is 2.56 bits per heavy atom. The lowest BCUT2D eigenvalue weighted by molar-refractivity contribution is 0.278. The minimum atomic E-state index is -0.0944. The van der Waals surface area contributed by atoms with Crippen LogP contribution in [0.4, 0.5) is 0 Å². The van der Waals surface area contributed by atoms with Gasteiger partial charge in [-0.1, -0.05) is 26.7 Å². The quantitative estimate of drug-likeness (QED) is 0.695. The molecule has 0 radical (unpaired) electrons. The summed E-state index contributed by atoms with van der Waals surface area (Å²) < 4.78 is 0. The van der Waals surface area contributed by atoms with Crippen LogP contribution in [0.2, 0.25) is 0 Å². The highest BCUT2D eigenvalue weighted by molar-refractivity contribution is 5.40. The van der Waals surface area contributed by atoms with Gasteiger partial charge < -0.3 is 15.5 Å². The molecular formula is C14H24N2O2. The molecule has 102 valence electrons. The van der Waals surface area contributed by atoms with Crippen LogP contribution in [0.3, 0.4) is 0 Å². The fourth-order valence-corrected chi connectivity index (χ4v) is 2.00. The van der Waals surface area contributed by atoms with Crippen LogP contribution in [0.1, 0.15) is 43.5 Å². The summed E-state index contributed by atoms with van der Waals surface area (Å²) in [6.45, 7) is 7.54. The Bertz CT molecular complexity index is 376. The molecule has 0 aliphatic rings. The third-order valence-corrected chi connectivity index (χ3v) is 3.49. The normalized spacial score (nSPS) is 11.2. The van der Waals surface area contributed by atoms with E-state index in [9.17, 15) is 10.2 Å². The van der Waals surface area contributed by atoms with Crippen molar-refractivity contribution in [2.75, 3.05) is 6.54 Å². The van der Waals surface area contributed by atoms with Gasteiger partial charge in [0.2, 0.25) is 0 Å². The lowest BCUT2D eigenvalue weighted by Crippen LogP contribution is -2.22. The highest BCUT2D eigenvalue weighted by atomic mass is 16.3. The molecule has 0 aromatic carbocycles. The molecule has 0 aliphatic carbocycles. The fourth-order valence-electron chi connectivity index (χ4n) is 2.00. The third kappa shape index (κ3) is 3.68. The van der Waals surface area contributed by atoms with E-state index in [-0.39, 0.29) is 12.4 Å². The molecule has 0 amide bonds. The zero-order valence-corrected chi connectivity index (χ0v) is 11.5. The summed E-state index contributed by atoms with van der Waals surface area (Å²) in [5.74, 6) is 0.853. The minimum Gasteiger partial charge on any atom is -0.506 e. The molecule has 1 aromatic rings. The van der Waals surface area contributed by atoms with Crippen molar-refractivity contribution in [3.05, 3.63) is 23.0 Å². The molecular weight excluding hydrogens is 228 g/mol. The van der Waals surface area contributed by atoms with E-state index < -0.39 is 0 Å². The number of aliphatic hydroxyl groups excluding tert-OH is 1. The highest BCUT2D eigenvalue weighted by Crippen LogP contribution is 2.23. The first-order valence-electron chi connectivity index (χ1n) is 6.61. The Kier molecular flexibility index (Phi) is 6.09. The van der Waals surface area contributed by atoms with Gasteiger partial charge in [-0.05, 0) is 19.4 Å². The van der Waals surface area contributed by atoms with Gasteiger partial charge in [-0.3, -0.25) is 4.98 Å². The Morgan fingerprint density at radius 2 is 2.00 bits per heavy atom. The second-order valence-electron chi connectivity index (χ2n) is 4.67. The number of aliphatic hydroxyl groups is 1. The molecule has 1 rings (SSSR count). The van der Waals surface area contributed by atoms with E-state index in [1.165, 1.54) is 0 Å². The van der Waals surface area contributed by atoms with Crippen molar-refractivity contribution < 1.29 is 10.2 Å². The van der Waals surface area contributed by atoms with Crippen LogP contribution >= 0.6 is 0 Å². The maximum Gasteiger partial charge on any atom is 0.141 e. The van der Waals surface area contributed by atoms with Crippen LogP contribution in [0.5, 0.6) is 5.75 Å². The first-order chi connectivity index (χ1) is 8.63. The monoisotopic (exact) mass is 252 g/mol. The number of aromatic nitrogens is 1. The summed E-state index contributed by atoms with van der Waals surface area (Å²) in [6, 6.07) is 0. The predicted octanol–water partition coefficient (Wildman–Crippen LogP) is 2.11. The molecule has 0 saturated heterocycles. The molecule has 0 aliphatic heterocycles. The summed E-state index contributed by atoms with van der Waals surface area (Å²) in [5.41, 5.74) is 2.05. The van der Waals surface area contributed by atoms with Gasteiger partial charge in [0, 0.05) is 23.9 Å². The van der Waals surface area contributed by atoms with Gasteiger partial charge in [-0.2, -0.15) is 0 Å². The van der Waals surface area contributed by atoms with Gasteiger partial charge in [0.05, 0.1) is 12.3 Å². The van der Waals surface area contributed by atoms with Crippen molar-refractivity contribution in [2.24, 2.45) is 5.92 Å². The summed E-state index contributed by atoms with van der Waals surface area (Å²) >= 11 is 0. The molecule has 1 heterocycles.